The minimum atomic E-state index is -0.892. The van der Waals surface area contributed by atoms with Crippen LogP contribution < -0.4 is 0 Å². The van der Waals surface area contributed by atoms with Gasteiger partial charge in [0, 0.05) is 13.0 Å². The Morgan fingerprint density at radius 2 is 1.88 bits per heavy atom. The van der Waals surface area contributed by atoms with Gasteiger partial charge in [-0.15, -0.1) is 0 Å². The molecule has 1 aliphatic carbocycles. The first-order chi connectivity index (χ1) is 7.22. The monoisotopic (exact) mass is 227 g/mol. The zero-order valence-electron chi connectivity index (χ0n) is 10.5. The molecule has 0 radical (unpaired) electrons. The molecule has 1 N–H and O–H groups in total. The van der Waals surface area contributed by atoms with E-state index in [0.717, 1.165) is 12.8 Å². The highest BCUT2D eigenvalue weighted by Crippen LogP contribution is 2.33. The normalized spacial score (nSPS) is 18.0. The molecule has 1 fully saturated rings. The number of hydrogen-bond donors (Lipinski definition) is 1. The Kier molecular flexibility index (Phi) is 3.61. The summed E-state index contributed by atoms with van der Waals surface area (Å²) in [7, 11) is 0. The summed E-state index contributed by atoms with van der Waals surface area (Å²) in [5.41, 5.74) is -0.0916. The molecule has 0 spiro atoms. The lowest BCUT2D eigenvalue weighted by Crippen LogP contribution is -2.47. The Labute approximate surface area is 96.6 Å². The third-order valence-corrected chi connectivity index (χ3v) is 2.73. The largest absolute Gasteiger partial charge is 0.480 e. The summed E-state index contributed by atoms with van der Waals surface area (Å²) in [6.45, 7) is 7.44. The number of carbonyl (C=O) groups excluding carboxylic acids is 1. The number of carboxylic acids is 1. The van der Waals surface area contributed by atoms with E-state index in [0.29, 0.717) is 6.42 Å². The van der Waals surface area contributed by atoms with Crippen LogP contribution in [0.25, 0.3) is 0 Å². The fourth-order valence-corrected chi connectivity index (χ4v) is 1.97. The molecule has 16 heavy (non-hydrogen) atoms. The lowest BCUT2D eigenvalue weighted by molar-refractivity contribution is -0.151. The summed E-state index contributed by atoms with van der Waals surface area (Å²) >= 11 is 0. The Morgan fingerprint density at radius 1 is 1.38 bits per heavy atom. The van der Waals surface area contributed by atoms with Gasteiger partial charge < -0.3 is 10.0 Å². The van der Waals surface area contributed by atoms with Crippen molar-refractivity contribution in [2.24, 2.45) is 5.41 Å². The third-order valence-electron chi connectivity index (χ3n) is 2.73. The molecule has 0 aromatic heterocycles. The van der Waals surface area contributed by atoms with Crippen LogP contribution in [-0.4, -0.2) is 34.0 Å². The summed E-state index contributed by atoms with van der Waals surface area (Å²) in [4.78, 5) is 24.3. The molecule has 1 aliphatic rings. The second-order valence-corrected chi connectivity index (χ2v) is 5.78. The molecule has 0 aliphatic heterocycles. The predicted molar refractivity (Wildman–Crippen MR) is 61.0 cm³/mol. The summed E-state index contributed by atoms with van der Waals surface area (Å²) in [5, 5.41) is 9.24. The molecule has 1 rings (SSSR count). The van der Waals surface area contributed by atoms with Crippen molar-refractivity contribution in [1.82, 2.24) is 4.90 Å². The highest BCUT2D eigenvalue weighted by Gasteiger charge is 2.40. The molecule has 4 nitrogen and oxygen atoms in total. The number of nitrogens with zero attached hydrogens (tertiary/aromatic N) is 1. The van der Waals surface area contributed by atoms with E-state index < -0.39 is 12.0 Å². The summed E-state index contributed by atoms with van der Waals surface area (Å²) in [6.07, 6.45) is 2.37. The molecule has 1 atom stereocenters. The SMILES string of the molecule is CC(=O)N(C1CC1)C(CC(C)(C)C)C(=O)O. The van der Waals surface area contributed by atoms with Crippen molar-refractivity contribution in [3.8, 4) is 0 Å². The zero-order valence-corrected chi connectivity index (χ0v) is 10.5. The van der Waals surface area contributed by atoms with Crippen molar-refractivity contribution < 1.29 is 14.7 Å². The van der Waals surface area contributed by atoms with Crippen molar-refractivity contribution in [1.29, 1.82) is 0 Å². The van der Waals surface area contributed by atoms with E-state index in [1.54, 1.807) is 4.90 Å². The summed E-state index contributed by atoms with van der Waals surface area (Å²) in [5.74, 6) is -1.02. The van der Waals surface area contributed by atoms with Crippen LogP contribution in [-0.2, 0) is 9.59 Å². The summed E-state index contributed by atoms with van der Waals surface area (Å²) < 4.78 is 0. The second-order valence-electron chi connectivity index (χ2n) is 5.78. The molecular weight excluding hydrogens is 206 g/mol. The fourth-order valence-electron chi connectivity index (χ4n) is 1.97. The van der Waals surface area contributed by atoms with E-state index in [1.807, 2.05) is 20.8 Å². The number of carboxylic acid groups (broad SMARTS) is 1. The number of aliphatic carboxylic acids is 1. The highest BCUT2D eigenvalue weighted by atomic mass is 16.4. The molecular formula is C12H21NO3. The number of amides is 1. The topological polar surface area (TPSA) is 57.6 Å². The van der Waals surface area contributed by atoms with Crippen LogP contribution in [0.15, 0.2) is 0 Å². The van der Waals surface area contributed by atoms with Crippen LogP contribution in [0.5, 0.6) is 0 Å². The van der Waals surface area contributed by atoms with Gasteiger partial charge in [-0.1, -0.05) is 20.8 Å². The van der Waals surface area contributed by atoms with Crippen molar-refractivity contribution in [2.75, 3.05) is 0 Å². The first-order valence-corrected chi connectivity index (χ1v) is 5.74. The predicted octanol–water partition coefficient (Wildman–Crippen LogP) is 1.89. The lowest BCUT2D eigenvalue weighted by atomic mass is 9.87. The van der Waals surface area contributed by atoms with Gasteiger partial charge >= 0.3 is 5.97 Å². The molecule has 0 aromatic carbocycles. The van der Waals surface area contributed by atoms with Gasteiger partial charge in [-0.3, -0.25) is 4.79 Å². The molecule has 1 saturated carbocycles. The van der Waals surface area contributed by atoms with Gasteiger partial charge in [0.1, 0.15) is 6.04 Å². The summed E-state index contributed by atoms with van der Waals surface area (Å²) in [6, 6.07) is -0.522. The number of carbonyl (C=O) groups is 2. The van der Waals surface area contributed by atoms with Crippen LogP contribution in [0, 0.1) is 5.41 Å². The minimum Gasteiger partial charge on any atom is -0.480 e. The number of rotatable bonds is 4. The van der Waals surface area contributed by atoms with Crippen LogP contribution in [0.3, 0.4) is 0 Å². The van der Waals surface area contributed by atoms with Crippen LogP contribution in [0.2, 0.25) is 0 Å². The van der Waals surface area contributed by atoms with Gasteiger partial charge in [-0.05, 0) is 24.7 Å². The average Bonchev–Trinajstić information content (AvgIpc) is 2.83. The van der Waals surface area contributed by atoms with Gasteiger partial charge in [0.2, 0.25) is 5.91 Å². The van der Waals surface area contributed by atoms with Gasteiger partial charge in [-0.25, -0.2) is 4.79 Å². The molecule has 0 saturated heterocycles. The van der Waals surface area contributed by atoms with E-state index in [4.69, 9.17) is 0 Å². The highest BCUT2D eigenvalue weighted by molar-refractivity contribution is 5.82. The van der Waals surface area contributed by atoms with Crippen molar-refractivity contribution in [2.45, 2.75) is 59.0 Å². The van der Waals surface area contributed by atoms with Gasteiger partial charge in [-0.2, -0.15) is 0 Å². The maximum Gasteiger partial charge on any atom is 0.326 e. The standard InChI is InChI=1S/C12H21NO3/c1-8(14)13(9-5-6-9)10(11(15)16)7-12(2,3)4/h9-10H,5-7H2,1-4H3,(H,15,16). The van der Waals surface area contributed by atoms with Crippen molar-refractivity contribution in [3.63, 3.8) is 0 Å². The molecule has 0 bridgehead atoms. The van der Waals surface area contributed by atoms with Crippen LogP contribution in [0.4, 0.5) is 0 Å². The van der Waals surface area contributed by atoms with E-state index >= 15 is 0 Å². The molecule has 0 aromatic rings. The first-order valence-electron chi connectivity index (χ1n) is 5.74. The fraction of sp³-hybridized carbons (Fsp3) is 0.833. The Bertz CT molecular complexity index is 289. The smallest absolute Gasteiger partial charge is 0.326 e. The number of hydrogen-bond acceptors (Lipinski definition) is 2. The molecule has 92 valence electrons. The average molecular weight is 227 g/mol. The van der Waals surface area contributed by atoms with Gasteiger partial charge in [0.25, 0.3) is 0 Å². The van der Waals surface area contributed by atoms with Crippen molar-refractivity contribution >= 4 is 11.9 Å². The van der Waals surface area contributed by atoms with E-state index in [1.165, 1.54) is 6.92 Å². The van der Waals surface area contributed by atoms with Gasteiger partial charge in [0.05, 0.1) is 0 Å². The molecule has 1 unspecified atom stereocenters. The quantitative estimate of drug-likeness (QED) is 0.797. The van der Waals surface area contributed by atoms with Crippen LogP contribution >= 0.6 is 0 Å². The van der Waals surface area contributed by atoms with Crippen LogP contribution in [0.1, 0.15) is 47.0 Å². The maximum atomic E-state index is 11.5. The Hall–Kier alpha value is -1.06. The van der Waals surface area contributed by atoms with E-state index in [2.05, 4.69) is 0 Å². The van der Waals surface area contributed by atoms with Crippen molar-refractivity contribution in [3.05, 3.63) is 0 Å². The van der Waals surface area contributed by atoms with E-state index in [-0.39, 0.29) is 17.4 Å². The lowest BCUT2D eigenvalue weighted by Gasteiger charge is -2.32. The third kappa shape index (κ3) is 3.51. The second kappa shape index (κ2) is 4.44. The molecule has 0 heterocycles. The molecule has 4 heteroatoms. The zero-order chi connectivity index (χ0) is 12.5. The Balaban J connectivity index is 2.81. The molecule has 1 amide bonds. The van der Waals surface area contributed by atoms with E-state index in [9.17, 15) is 14.7 Å². The Morgan fingerprint density at radius 3 is 2.12 bits per heavy atom. The minimum absolute atomic E-state index is 0.0916. The van der Waals surface area contributed by atoms with Gasteiger partial charge in [0.15, 0.2) is 0 Å². The first kappa shape index (κ1) is 13.0. The maximum absolute atomic E-state index is 11.5.